The van der Waals surface area contributed by atoms with E-state index in [4.69, 9.17) is 0 Å². The summed E-state index contributed by atoms with van der Waals surface area (Å²) >= 11 is 0. The van der Waals surface area contributed by atoms with Crippen LogP contribution < -0.4 is 17.1 Å². The number of hydrogen-bond acceptors (Lipinski definition) is 5. The Bertz CT molecular complexity index is 502. The Kier molecular flexibility index (Phi) is 2.88. The van der Waals surface area contributed by atoms with Gasteiger partial charge in [-0.15, -0.1) is 0 Å². The van der Waals surface area contributed by atoms with Gasteiger partial charge in [0.2, 0.25) is 0 Å². The minimum Gasteiger partial charge on any atom is -0.467 e. The van der Waals surface area contributed by atoms with Gasteiger partial charge in [-0.3, -0.25) is 9.97 Å². The van der Waals surface area contributed by atoms with Gasteiger partial charge in [-0.25, -0.2) is 23.7 Å². The van der Waals surface area contributed by atoms with Crippen molar-refractivity contribution in [1.29, 1.82) is 0 Å². The monoisotopic (exact) mass is 215 g/mol. The van der Waals surface area contributed by atoms with Crippen LogP contribution in [0.1, 0.15) is 13.0 Å². The van der Waals surface area contributed by atoms with Crippen molar-refractivity contribution in [3.05, 3.63) is 31.5 Å². The molecule has 1 atom stereocenters. The maximum Gasteiger partial charge on any atom is 0.334 e. The molecule has 15 heavy (non-hydrogen) atoms. The lowest BCUT2D eigenvalue weighted by atomic mass is 10.3. The van der Waals surface area contributed by atoms with Crippen molar-refractivity contribution in [2.75, 3.05) is 7.11 Å². The number of aromatic nitrogens is 3. The van der Waals surface area contributed by atoms with Gasteiger partial charge in [0, 0.05) is 0 Å². The summed E-state index contributed by atoms with van der Waals surface area (Å²) in [6.45, 7) is 1.31. The van der Waals surface area contributed by atoms with Gasteiger partial charge in [-0.05, 0) is 6.92 Å². The number of hydrogen-bond donors (Lipinski definition) is 2. The topological polar surface area (TPSA) is 114 Å². The highest BCUT2D eigenvalue weighted by Crippen LogP contribution is 1.98. The molecular weight excluding hydrogens is 206 g/mol. The Hall–Kier alpha value is -2.12. The van der Waals surface area contributed by atoms with Crippen molar-refractivity contribution in [2.24, 2.45) is 0 Å². The molecule has 8 nitrogen and oxygen atoms in total. The number of nitrogens with one attached hydrogen (secondary N) is 2. The Morgan fingerprint density at radius 1 is 1.27 bits per heavy atom. The van der Waals surface area contributed by atoms with Crippen molar-refractivity contribution in [3.63, 3.8) is 0 Å². The van der Waals surface area contributed by atoms with Crippen LogP contribution in [-0.4, -0.2) is 27.6 Å². The number of ether oxygens (including phenoxy) is 1. The van der Waals surface area contributed by atoms with Crippen LogP contribution in [0.2, 0.25) is 0 Å². The third kappa shape index (κ3) is 2.03. The molecule has 0 fully saturated rings. The number of H-pyrrole nitrogens is 2. The molecule has 1 aromatic rings. The summed E-state index contributed by atoms with van der Waals surface area (Å²) in [5.74, 6) is -0.755. The fourth-order valence-corrected chi connectivity index (χ4v) is 1.07. The Balaban J connectivity index is 3.39. The quantitative estimate of drug-likeness (QED) is 0.551. The molecule has 0 aliphatic carbocycles. The first-order valence-corrected chi connectivity index (χ1v) is 4.00. The van der Waals surface area contributed by atoms with Crippen LogP contribution in [0, 0.1) is 0 Å². The molecule has 0 saturated heterocycles. The maximum absolute atomic E-state index is 11.2. The Labute approximate surface area is 82.5 Å². The van der Waals surface area contributed by atoms with Crippen LogP contribution in [0.5, 0.6) is 0 Å². The van der Waals surface area contributed by atoms with Gasteiger partial charge in [0.1, 0.15) is 6.04 Å². The number of methoxy groups -OCH3 is 1. The lowest BCUT2D eigenvalue weighted by Crippen LogP contribution is -2.46. The highest BCUT2D eigenvalue weighted by atomic mass is 16.5. The van der Waals surface area contributed by atoms with Crippen molar-refractivity contribution in [3.8, 4) is 0 Å². The highest BCUT2D eigenvalue weighted by molar-refractivity contribution is 5.73. The predicted octanol–water partition coefficient (Wildman–Crippen LogP) is -2.04. The Morgan fingerprint density at radius 2 is 1.73 bits per heavy atom. The summed E-state index contributed by atoms with van der Waals surface area (Å²) in [6, 6.07) is -1.09. The van der Waals surface area contributed by atoms with Crippen LogP contribution in [0.3, 0.4) is 0 Å². The Morgan fingerprint density at radius 3 is 2.13 bits per heavy atom. The first-order chi connectivity index (χ1) is 6.97. The van der Waals surface area contributed by atoms with E-state index in [0.717, 1.165) is 7.11 Å². The number of rotatable bonds is 2. The number of carbonyl (C=O) groups is 1. The number of nitrogens with zero attached hydrogens (tertiary/aromatic N) is 1. The van der Waals surface area contributed by atoms with Crippen LogP contribution >= 0.6 is 0 Å². The summed E-state index contributed by atoms with van der Waals surface area (Å²) in [5, 5.41) is 0. The van der Waals surface area contributed by atoms with Crippen molar-refractivity contribution < 1.29 is 9.53 Å². The SMILES string of the molecule is COC(=O)C(C)n1c(=O)[nH]c(=O)[nH]c1=O. The smallest absolute Gasteiger partial charge is 0.334 e. The molecule has 0 aliphatic heterocycles. The second-order valence-corrected chi connectivity index (χ2v) is 2.76. The maximum atomic E-state index is 11.2. The van der Waals surface area contributed by atoms with Gasteiger partial charge in [0.25, 0.3) is 0 Å². The molecule has 0 aliphatic rings. The van der Waals surface area contributed by atoms with Gasteiger partial charge >= 0.3 is 23.0 Å². The molecule has 0 spiro atoms. The zero-order valence-corrected chi connectivity index (χ0v) is 8.07. The first-order valence-electron chi connectivity index (χ1n) is 4.00. The van der Waals surface area contributed by atoms with Crippen LogP contribution in [-0.2, 0) is 9.53 Å². The zero-order valence-electron chi connectivity index (χ0n) is 8.07. The first kappa shape index (κ1) is 11.0. The molecular formula is C7H9N3O5. The summed E-state index contributed by atoms with van der Waals surface area (Å²) in [6.07, 6.45) is 0. The normalized spacial score (nSPS) is 12.1. The fraction of sp³-hybridized carbons (Fsp3) is 0.429. The molecule has 1 unspecified atom stereocenters. The minimum absolute atomic E-state index is 0.563. The van der Waals surface area contributed by atoms with Gasteiger partial charge in [0.15, 0.2) is 0 Å². The highest BCUT2D eigenvalue weighted by Gasteiger charge is 2.19. The van der Waals surface area contributed by atoms with E-state index in [9.17, 15) is 19.2 Å². The van der Waals surface area contributed by atoms with Gasteiger partial charge in [-0.2, -0.15) is 0 Å². The third-order valence-electron chi connectivity index (χ3n) is 1.81. The number of aromatic amines is 2. The average Bonchev–Trinajstić information content (AvgIpc) is 2.14. The van der Waals surface area contributed by atoms with E-state index in [0.29, 0.717) is 4.57 Å². The third-order valence-corrected chi connectivity index (χ3v) is 1.81. The van der Waals surface area contributed by atoms with E-state index in [1.54, 1.807) is 0 Å². The molecule has 1 rings (SSSR count). The van der Waals surface area contributed by atoms with Crippen LogP contribution in [0.4, 0.5) is 0 Å². The van der Waals surface area contributed by atoms with Crippen molar-refractivity contribution in [1.82, 2.24) is 14.5 Å². The van der Waals surface area contributed by atoms with Crippen molar-refractivity contribution in [2.45, 2.75) is 13.0 Å². The number of carbonyl (C=O) groups excluding carboxylic acids is 1. The standard InChI is InChI=1S/C7H9N3O5/c1-3(4(11)15-2)10-6(13)8-5(12)9-7(10)14/h3H,1-2H3,(H2,8,9,12,13,14). The fourth-order valence-electron chi connectivity index (χ4n) is 1.07. The molecule has 1 heterocycles. The number of esters is 1. The van der Waals surface area contributed by atoms with E-state index >= 15 is 0 Å². The van der Waals surface area contributed by atoms with Crippen LogP contribution in [0.15, 0.2) is 14.4 Å². The molecule has 2 N–H and O–H groups in total. The second-order valence-electron chi connectivity index (χ2n) is 2.76. The van der Waals surface area contributed by atoms with E-state index in [-0.39, 0.29) is 0 Å². The summed E-state index contributed by atoms with van der Waals surface area (Å²) in [5.41, 5.74) is -2.83. The molecule has 1 aromatic heterocycles. The van der Waals surface area contributed by atoms with E-state index in [1.807, 2.05) is 9.97 Å². The molecule has 0 amide bonds. The van der Waals surface area contributed by atoms with Crippen LogP contribution in [0.25, 0.3) is 0 Å². The molecule has 0 saturated carbocycles. The van der Waals surface area contributed by atoms with Gasteiger partial charge in [0.05, 0.1) is 7.11 Å². The van der Waals surface area contributed by atoms with E-state index in [1.165, 1.54) is 6.92 Å². The summed E-state index contributed by atoms with van der Waals surface area (Å²) in [4.78, 5) is 47.8. The lowest BCUT2D eigenvalue weighted by Gasteiger charge is -2.09. The largest absolute Gasteiger partial charge is 0.467 e. The molecule has 0 bridgehead atoms. The second kappa shape index (κ2) is 3.95. The molecule has 0 aromatic carbocycles. The average molecular weight is 215 g/mol. The lowest BCUT2D eigenvalue weighted by molar-refractivity contribution is -0.144. The minimum atomic E-state index is -1.09. The van der Waals surface area contributed by atoms with E-state index in [2.05, 4.69) is 4.74 Å². The van der Waals surface area contributed by atoms with Gasteiger partial charge < -0.3 is 4.74 Å². The van der Waals surface area contributed by atoms with E-state index < -0.39 is 29.1 Å². The van der Waals surface area contributed by atoms with Crippen molar-refractivity contribution >= 4 is 5.97 Å². The molecule has 8 heteroatoms. The summed E-state index contributed by atoms with van der Waals surface area (Å²) < 4.78 is 4.93. The predicted molar refractivity (Wildman–Crippen MR) is 48.7 cm³/mol. The summed E-state index contributed by atoms with van der Waals surface area (Å²) in [7, 11) is 1.13. The molecule has 82 valence electrons. The van der Waals surface area contributed by atoms with Gasteiger partial charge in [-0.1, -0.05) is 0 Å². The molecule has 0 radical (unpaired) electrons. The zero-order chi connectivity index (χ0) is 11.6.